The quantitative estimate of drug-likeness (QED) is 0.699. The van der Waals surface area contributed by atoms with Gasteiger partial charge in [-0.25, -0.2) is 5.43 Å². The van der Waals surface area contributed by atoms with Gasteiger partial charge < -0.3 is 4.42 Å². The molecule has 0 aliphatic heterocycles. The number of nitrogens with zero attached hydrogens (tertiary/aromatic N) is 1. The predicted molar refractivity (Wildman–Crippen MR) is 67.9 cm³/mol. The van der Waals surface area contributed by atoms with E-state index >= 15 is 0 Å². The van der Waals surface area contributed by atoms with Crippen LogP contribution in [-0.2, 0) is 0 Å². The lowest BCUT2D eigenvalue weighted by atomic mass is 10.2. The van der Waals surface area contributed by atoms with E-state index in [1.54, 1.807) is 30.3 Å². The van der Waals surface area contributed by atoms with Crippen LogP contribution < -0.4 is 5.43 Å². The highest BCUT2D eigenvalue weighted by Crippen LogP contribution is 2.15. The molecule has 0 saturated carbocycles. The molecule has 86 valence electrons. The summed E-state index contributed by atoms with van der Waals surface area (Å²) >= 11 is 3.30. The number of carbonyl (C=O) groups is 1. The molecule has 2 rings (SSSR count). The van der Waals surface area contributed by atoms with Crippen LogP contribution in [0.25, 0.3) is 0 Å². The Balaban J connectivity index is 2.01. The van der Waals surface area contributed by atoms with E-state index in [9.17, 15) is 4.79 Å². The number of benzene rings is 1. The average molecular weight is 293 g/mol. The van der Waals surface area contributed by atoms with Crippen LogP contribution in [0.1, 0.15) is 16.1 Å². The number of halogens is 1. The normalized spacial score (nSPS) is 10.6. The Kier molecular flexibility index (Phi) is 3.72. The Morgan fingerprint density at radius 1 is 1.29 bits per heavy atom. The number of furan rings is 1. The van der Waals surface area contributed by atoms with Crippen molar-refractivity contribution in [1.82, 2.24) is 5.43 Å². The minimum absolute atomic E-state index is 0.278. The Morgan fingerprint density at radius 2 is 2.12 bits per heavy atom. The molecule has 0 unspecified atom stereocenters. The van der Waals surface area contributed by atoms with Gasteiger partial charge in [0.1, 0.15) is 5.76 Å². The van der Waals surface area contributed by atoms with Gasteiger partial charge in [-0.1, -0.05) is 12.1 Å². The molecule has 2 aromatic rings. The van der Waals surface area contributed by atoms with E-state index < -0.39 is 0 Å². The molecule has 17 heavy (non-hydrogen) atoms. The standard InChI is InChI=1S/C12H9BrN2O2/c13-11-6-2-1-5-10(11)12(16)15-14-8-9-4-3-7-17-9/h1-8H,(H,15,16)/b14-8+. The molecule has 0 fully saturated rings. The summed E-state index contributed by atoms with van der Waals surface area (Å²) in [6.45, 7) is 0. The Labute approximate surface area is 106 Å². The minimum Gasteiger partial charge on any atom is -0.463 e. The maximum Gasteiger partial charge on any atom is 0.272 e. The molecular weight excluding hydrogens is 284 g/mol. The van der Waals surface area contributed by atoms with Gasteiger partial charge in [-0.3, -0.25) is 4.79 Å². The fraction of sp³-hybridized carbons (Fsp3) is 0. The van der Waals surface area contributed by atoms with Gasteiger partial charge in [-0.05, 0) is 40.2 Å². The van der Waals surface area contributed by atoms with Crippen LogP contribution in [0.4, 0.5) is 0 Å². The van der Waals surface area contributed by atoms with Gasteiger partial charge in [0.15, 0.2) is 0 Å². The molecule has 0 atom stereocenters. The topological polar surface area (TPSA) is 54.6 Å². The van der Waals surface area contributed by atoms with E-state index in [-0.39, 0.29) is 5.91 Å². The lowest BCUT2D eigenvalue weighted by Crippen LogP contribution is -2.17. The van der Waals surface area contributed by atoms with Crippen molar-refractivity contribution in [2.24, 2.45) is 5.10 Å². The van der Waals surface area contributed by atoms with Crippen molar-refractivity contribution in [3.05, 3.63) is 58.5 Å². The van der Waals surface area contributed by atoms with Gasteiger partial charge >= 0.3 is 0 Å². The number of hydrogen-bond donors (Lipinski definition) is 1. The zero-order valence-corrected chi connectivity index (χ0v) is 10.3. The molecule has 0 bridgehead atoms. The fourth-order valence-electron chi connectivity index (χ4n) is 1.22. The predicted octanol–water partition coefficient (Wildman–Crippen LogP) is 2.81. The van der Waals surface area contributed by atoms with Crippen LogP contribution in [-0.4, -0.2) is 12.1 Å². The van der Waals surface area contributed by atoms with Gasteiger partial charge in [0, 0.05) is 4.47 Å². The number of rotatable bonds is 3. The minimum atomic E-state index is -0.278. The number of nitrogens with one attached hydrogen (secondary N) is 1. The van der Waals surface area contributed by atoms with Gasteiger partial charge in [-0.2, -0.15) is 5.10 Å². The van der Waals surface area contributed by atoms with Crippen LogP contribution in [0.2, 0.25) is 0 Å². The van der Waals surface area contributed by atoms with Crippen LogP contribution in [0.15, 0.2) is 56.7 Å². The zero-order valence-electron chi connectivity index (χ0n) is 8.76. The largest absolute Gasteiger partial charge is 0.463 e. The average Bonchev–Trinajstić information content (AvgIpc) is 2.82. The molecule has 4 nitrogen and oxygen atoms in total. The number of amides is 1. The smallest absolute Gasteiger partial charge is 0.272 e. The second kappa shape index (κ2) is 5.45. The molecule has 0 radical (unpaired) electrons. The summed E-state index contributed by atoms with van der Waals surface area (Å²) in [5.74, 6) is 0.303. The van der Waals surface area contributed by atoms with Crippen LogP contribution in [0.5, 0.6) is 0 Å². The van der Waals surface area contributed by atoms with E-state index in [2.05, 4.69) is 26.5 Å². The summed E-state index contributed by atoms with van der Waals surface area (Å²) in [6.07, 6.45) is 2.98. The summed E-state index contributed by atoms with van der Waals surface area (Å²) in [7, 11) is 0. The van der Waals surface area contributed by atoms with Crippen molar-refractivity contribution >= 4 is 28.1 Å². The van der Waals surface area contributed by atoms with Crippen LogP contribution >= 0.6 is 15.9 Å². The second-order valence-corrected chi connectivity index (χ2v) is 4.05. The molecule has 0 spiro atoms. The molecule has 0 aliphatic carbocycles. The summed E-state index contributed by atoms with van der Waals surface area (Å²) in [6, 6.07) is 10.6. The highest BCUT2D eigenvalue weighted by Gasteiger charge is 2.07. The Bertz CT molecular complexity index is 535. The summed E-state index contributed by atoms with van der Waals surface area (Å²) in [5, 5.41) is 3.79. The van der Waals surface area contributed by atoms with Gasteiger partial charge in [0.05, 0.1) is 18.0 Å². The van der Waals surface area contributed by atoms with Crippen LogP contribution in [0, 0.1) is 0 Å². The summed E-state index contributed by atoms with van der Waals surface area (Å²) in [4.78, 5) is 11.7. The molecule has 0 saturated heterocycles. The first-order valence-electron chi connectivity index (χ1n) is 4.89. The van der Waals surface area contributed by atoms with E-state index in [1.165, 1.54) is 12.5 Å². The first-order chi connectivity index (χ1) is 8.27. The van der Waals surface area contributed by atoms with Crippen molar-refractivity contribution in [3.8, 4) is 0 Å². The van der Waals surface area contributed by atoms with E-state index in [1.807, 2.05) is 6.07 Å². The highest BCUT2D eigenvalue weighted by molar-refractivity contribution is 9.10. The molecule has 5 heteroatoms. The highest BCUT2D eigenvalue weighted by atomic mass is 79.9. The molecular formula is C12H9BrN2O2. The molecule has 1 heterocycles. The van der Waals surface area contributed by atoms with Gasteiger partial charge in [-0.15, -0.1) is 0 Å². The van der Waals surface area contributed by atoms with Gasteiger partial charge in [0.2, 0.25) is 0 Å². The van der Waals surface area contributed by atoms with Crippen molar-refractivity contribution in [1.29, 1.82) is 0 Å². The first-order valence-corrected chi connectivity index (χ1v) is 5.68. The van der Waals surface area contributed by atoms with Crippen molar-refractivity contribution in [2.75, 3.05) is 0 Å². The molecule has 0 aliphatic rings. The monoisotopic (exact) mass is 292 g/mol. The summed E-state index contributed by atoms with van der Waals surface area (Å²) in [5.41, 5.74) is 2.95. The number of carbonyl (C=O) groups excluding carboxylic acids is 1. The third-order valence-corrected chi connectivity index (χ3v) is 2.71. The lowest BCUT2D eigenvalue weighted by Gasteiger charge is -2.01. The Morgan fingerprint density at radius 3 is 2.82 bits per heavy atom. The van der Waals surface area contributed by atoms with Gasteiger partial charge in [0.25, 0.3) is 5.91 Å². The Hall–Kier alpha value is -1.88. The van der Waals surface area contributed by atoms with Crippen molar-refractivity contribution in [3.63, 3.8) is 0 Å². The SMILES string of the molecule is O=C(N/N=C/c1ccco1)c1ccccc1Br. The first kappa shape index (κ1) is 11.6. The fourth-order valence-corrected chi connectivity index (χ4v) is 1.69. The molecule has 1 N–H and O–H groups in total. The third-order valence-electron chi connectivity index (χ3n) is 2.02. The van der Waals surface area contributed by atoms with E-state index in [4.69, 9.17) is 4.42 Å². The maximum absolute atomic E-state index is 11.7. The number of hydrogen-bond acceptors (Lipinski definition) is 3. The zero-order chi connectivity index (χ0) is 12.1. The molecule has 1 aromatic carbocycles. The number of hydrazone groups is 1. The lowest BCUT2D eigenvalue weighted by molar-refractivity contribution is 0.0954. The maximum atomic E-state index is 11.7. The van der Waals surface area contributed by atoms with E-state index in [0.29, 0.717) is 11.3 Å². The van der Waals surface area contributed by atoms with Crippen molar-refractivity contribution in [2.45, 2.75) is 0 Å². The van der Waals surface area contributed by atoms with E-state index in [0.717, 1.165) is 4.47 Å². The van der Waals surface area contributed by atoms with Crippen molar-refractivity contribution < 1.29 is 9.21 Å². The second-order valence-electron chi connectivity index (χ2n) is 3.19. The molecule has 1 aromatic heterocycles. The summed E-state index contributed by atoms with van der Waals surface area (Å²) < 4.78 is 5.76. The third kappa shape index (κ3) is 3.04. The molecule has 1 amide bonds. The van der Waals surface area contributed by atoms with Crippen LogP contribution in [0.3, 0.4) is 0 Å².